The number of imidazole rings is 1. The summed E-state index contributed by atoms with van der Waals surface area (Å²) in [4.78, 5) is 32.0. The maximum absolute atomic E-state index is 13.1. The van der Waals surface area contributed by atoms with Crippen LogP contribution in [0.15, 0.2) is 54.7 Å². The van der Waals surface area contributed by atoms with E-state index in [1.165, 1.54) is 0 Å². The van der Waals surface area contributed by atoms with Crippen LogP contribution < -0.4 is 5.73 Å². The fourth-order valence-electron chi connectivity index (χ4n) is 4.19. The monoisotopic (exact) mass is 430 g/mol. The summed E-state index contributed by atoms with van der Waals surface area (Å²) < 4.78 is 0. The molecule has 1 aliphatic heterocycles. The number of aromatic amines is 1. The van der Waals surface area contributed by atoms with Gasteiger partial charge >= 0.3 is 0 Å². The second kappa shape index (κ2) is 7.92. The number of carbonyl (C=O) groups is 1. The summed E-state index contributed by atoms with van der Waals surface area (Å²) in [5.74, 6) is 1.000. The number of carbonyl (C=O) groups excluding carboxylic acids is 1. The summed E-state index contributed by atoms with van der Waals surface area (Å²) in [5, 5.41) is 0. The van der Waals surface area contributed by atoms with Gasteiger partial charge < -0.3 is 15.6 Å². The maximum Gasteiger partial charge on any atom is 0.254 e. The number of rotatable bonds is 3. The van der Waals surface area contributed by atoms with Gasteiger partial charge in [0.25, 0.3) is 5.91 Å². The molecule has 4 aromatic rings. The lowest BCUT2D eigenvalue weighted by Gasteiger charge is -2.27. The molecule has 7 heteroatoms. The minimum absolute atomic E-state index is 0. The van der Waals surface area contributed by atoms with E-state index in [2.05, 4.69) is 21.0 Å². The van der Waals surface area contributed by atoms with Crippen molar-refractivity contribution >= 4 is 28.3 Å². The molecular weight excluding hydrogens is 400 g/mol. The Hall–Kier alpha value is -4.00. The fraction of sp³-hybridized carbons (Fsp3) is 0.200. The number of H-pyrrole nitrogens is 1. The average Bonchev–Trinajstić information content (AvgIpc) is 3.23. The highest BCUT2D eigenvalue weighted by Crippen LogP contribution is 2.27. The van der Waals surface area contributed by atoms with Gasteiger partial charge in [-0.15, -0.1) is 0 Å². The van der Waals surface area contributed by atoms with E-state index in [9.17, 15) is 4.79 Å². The highest BCUT2D eigenvalue weighted by Gasteiger charge is 2.23. The van der Waals surface area contributed by atoms with E-state index in [1.54, 1.807) is 6.20 Å². The quantitative estimate of drug-likeness (QED) is 0.482. The second-order valence-electron chi connectivity index (χ2n) is 8.09. The second-order valence-corrected chi connectivity index (χ2v) is 8.09. The van der Waals surface area contributed by atoms with Crippen LogP contribution >= 0.6 is 0 Å². The van der Waals surface area contributed by atoms with Crippen molar-refractivity contribution in [1.82, 2.24) is 24.8 Å². The minimum Gasteiger partial charge on any atom is -0.382 e. The molecular formula is C25H30N6O. The van der Waals surface area contributed by atoms with Gasteiger partial charge in [-0.2, -0.15) is 0 Å². The number of nitrogens with two attached hydrogens (primary N) is 1. The maximum atomic E-state index is 13.1. The van der Waals surface area contributed by atoms with Crippen molar-refractivity contribution in [2.45, 2.75) is 20.3 Å². The zero-order chi connectivity index (χ0) is 22.2. The molecule has 32 heavy (non-hydrogen) atoms. The lowest BCUT2D eigenvalue weighted by atomic mass is 9.99. The van der Waals surface area contributed by atoms with E-state index in [0.717, 1.165) is 39.0 Å². The molecule has 1 aliphatic rings. The number of nitrogens with zero attached hydrogens (tertiary/aromatic N) is 4. The molecule has 3 N–H and O–H groups in total. The van der Waals surface area contributed by atoms with Crippen LogP contribution in [0.25, 0.3) is 28.1 Å². The summed E-state index contributed by atoms with van der Waals surface area (Å²) in [5.41, 5.74) is 13.1. The smallest absolute Gasteiger partial charge is 0.254 e. The molecule has 5 rings (SSSR count). The zero-order valence-corrected chi connectivity index (χ0v) is 18.1. The minimum atomic E-state index is 0. The summed E-state index contributed by atoms with van der Waals surface area (Å²) in [7, 11) is 0. The third-order valence-corrected chi connectivity index (χ3v) is 5.93. The number of aromatic nitrogens is 4. The number of amides is 1. The molecule has 0 radical (unpaired) electrons. The number of para-hydroxylation sites is 2. The largest absolute Gasteiger partial charge is 0.382 e. The molecule has 2 aromatic heterocycles. The van der Waals surface area contributed by atoms with Crippen molar-refractivity contribution in [3.63, 3.8) is 0 Å². The van der Waals surface area contributed by atoms with Crippen molar-refractivity contribution in [2.75, 3.05) is 18.8 Å². The van der Waals surface area contributed by atoms with Crippen LogP contribution in [0.3, 0.4) is 0 Å². The van der Waals surface area contributed by atoms with Crippen LogP contribution in [-0.2, 0) is 0 Å². The van der Waals surface area contributed by atoms with Gasteiger partial charge in [0.1, 0.15) is 5.69 Å². The van der Waals surface area contributed by atoms with Gasteiger partial charge in [0.15, 0.2) is 11.6 Å². The molecule has 1 amide bonds. The van der Waals surface area contributed by atoms with E-state index in [1.807, 2.05) is 61.2 Å². The molecule has 3 heterocycles. The summed E-state index contributed by atoms with van der Waals surface area (Å²) in [6, 6.07) is 13.7. The molecule has 0 bridgehead atoms. The first-order valence-electron chi connectivity index (χ1n) is 10.6. The van der Waals surface area contributed by atoms with Crippen LogP contribution in [0.5, 0.6) is 0 Å². The van der Waals surface area contributed by atoms with E-state index in [-0.39, 0.29) is 10.2 Å². The first-order chi connectivity index (χ1) is 15.5. The Labute approximate surface area is 190 Å². The van der Waals surface area contributed by atoms with Crippen LogP contribution in [-0.4, -0.2) is 43.8 Å². The molecule has 0 aliphatic carbocycles. The number of fused-ring (bicyclic) bond motifs is 1. The van der Waals surface area contributed by atoms with Crippen molar-refractivity contribution in [1.29, 1.82) is 0 Å². The predicted octanol–water partition coefficient (Wildman–Crippen LogP) is 4.89. The number of benzene rings is 2. The van der Waals surface area contributed by atoms with Crippen molar-refractivity contribution < 1.29 is 9.07 Å². The third-order valence-electron chi connectivity index (χ3n) is 5.93. The van der Waals surface area contributed by atoms with Gasteiger partial charge in [-0.05, 0) is 49.1 Å². The van der Waals surface area contributed by atoms with Crippen LogP contribution in [0.2, 0.25) is 0 Å². The molecule has 0 unspecified atom stereocenters. The number of nitrogens with one attached hydrogen (secondary N) is 1. The van der Waals surface area contributed by atoms with Gasteiger partial charge in [-0.3, -0.25) is 4.79 Å². The molecule has 0 saturated carbocycles. The predicted molar refractivity (Wildman–Crippen MR) is 132 cm³/mol. The lowest BCUT2D eigenvalue weighted by Crippen LogP contribution is -2.35. The van der Waals surface area contributed by atoms with Gasteiger partial charge in [0, 0.05) is 22.9 Å². The molecule has 7 nitrogen and oxygen atoms in total. The lowest BCUT2D eigenvalue weighted by molar-refractivity contribution is 0.0771. The number of anilines is 1. The van der Waals surface area contributed by atoms with Gasteiger partial charge in [-0.1, -0.05) is 36.4 Å². The van der Waals surface area contributed by atoms with Crippen molar-refractivity contribution in [3.05, 3.63) is 77.1 Å². The van der Waals surface area contributed by atoms with Gasteiger partial charge in [0.05, 0.1) is 22.9 Å². The molecule has 0 saturated heterocycles. The van der Waals surface area contributed by atoms with E-state index in [0.29, 0.717) is 36.8 Å². The first kappa shape index (κ1) is 19.9. The zero-order valence-electron chi connectivity index (χ0n) is 18.1. The van der Waals surface area contributed by atoms with Gasteiger partial charge in [0.2, 0.25) is 0 Å². The Morgan fingerprint density at radius 2 is 1.88 bits per heavy atom. The third kappa shape index (κ3) is 3.51. The summed E-state index contributed by atoms with van der Waals surface area (Å²) >= 11 is 0. The average molecular weight is 431 g/mol. The molecule has 2 aromatic carbocycles. The summed E-state index contributed by atoms with van der Waals surface area (Å²) in [6.07, 6.45) is 4.45. The SMILES string of the molecule is Cc1cccc(C)c1C(=O)N1CC=C(c2cnc(N)c(-c3nc4ccccc4[nH]3)n2)CC1.[HH].[HH].[HH]. The van der Waals surface area contributed by atoms with E-state index >= 15 is 0 Å². The topological polar surface area (TPSA) is 101 Å². The Kier molecular flexibility index (Phi) is 4.93. The highest BCUT2D eigenvalue weighted by molar-refractivity contribution is 5.97. The molecule has 0 atom stereocenters. The molecule has 166 valence electrons. The normalized spacial score (nSPS) is 13.9. The van der Waals surface area contributed by atoms with Crippen molar-refractivity contribution in [3.8, 4) is 11.5 Å². The Morgan fingerprint density at radius 1 is 1.09 bits per heavy atom. The van der Waals surface area contributed by atoms with Gasteiger partial charge in [-0.25, -0.2) is 15.0 Å². The first-order valence-corrected chi connectivity index (χ1v) is 10.6. The van der Waals surface area contributed by atoms with Crippen LogP contribution in [0.1, 0.15) is 37.9 Å². The standard InChI is InChI=1S/C25H24N6O.3H2/c1-15-6-5-7-16(2)21(15)25(32)31-12-10-17(11-13-31)20-14-27-23(26)22(28-20)24-29-18-8-3-4-9-19(18)30-24;;;/h3-10,14H,11-13H2,1-2H3,(H2,26,27)(H,29,30);3*1H. The molecule has 0 fully saturated rings. The number of hydrogen-bond donors (Lipinski definition) is 2. The number of aryl methyl sites for hydroxylation is 2. The molecule has 0 spiro atoms. The number of nitrogen functional groups attached to an aromatic ring is 1. The van der Waals surface area contributed by atoms with Crippen LogP contribution in [0.4, 0.5) is 5.82 Å². The Bertz CT molecular complexity index is 1330. The Balaban J connectivity index is 0.00000144. The number of hydrogen-bond acceptors (Lipinski definition) is 5. The summed E-state index contributed by atoms with van der Waals surface area (Å²) in [6.45, 7) is 5.13. The highest BCUT2D eigenvalue weighted by atomic mass is 16.2. The van der Waals surface area contributed by atoms with E-state index in [4.69, 9.17) is 10.7 Å². The van der Waals surface area contributed by atoms with Crippen molar-refractivity contribution in [2.24, 2.45) is 0 Å². The fourth-order valence-corrected chi connectivity index (χ4v) is 4.19. The van der Waals surface area contributed by atoms with Crippen LogP contribution in [0, 0.1) is 13.8 Å². The van der Waals surface area contributed by atoms with E-state index < -0.39 is 0 Å². The Morgan fingerprint density at radius 3 is 2.59 bits per heavy atom.